The zero-order valence-corrected chi connectivity index (χ0v) is 25.3. The number of benzene rings is 1. The molecule has 40 heavy (non-hydrogen) atoms. The summed E-state index contributed by atoms with van der Waals surface area (Å²) in [4.78, 5) is 42.6. The highest BCUT2D eigenvalue weighted by Crippen LogP contribution is 2.28. The fraction of sp³-hybridized carbons (Fsp3) is 0.625. The number of carbonyl (C=O) groups is 3. The predicted molar refractivity (Wildman–Crippen MR) is 158 cm³/mol. The van der Waals surface area contributed by atoms with E-state index in [0.717, 1.165) is 56.3 Å². The Bertz CT molecular complexity index is 1100. The maximum atomic E-state index is 14.1. The Hall–Kier alpha value is -3.34. The predicted octanol–water partition coefficient (Wildman–Crippen LogP) is 7.24. The topological polar surface area (TPSA) is 106 Å². The van der Waals surface area contributed by atoms with E-state index in [9.17, 15) is 19.6 Å². The number of amides is 3. The Kier molecular flexibility index (Phi) is 13.7. The second-order valence-corrected chi connectivity index (χ2v) is 10.7. The number of imide groups is 1. The molecule has 0 aliphatic carbocycles. The lowest BCUT2D eigenvalue weighted by Gasteiger charge is -2.31. The first-order valence-electron chi connectivity index (χ1n) is 15.0. The molecule has 0 N–H and O–H groups in total. The highest BCUT2D eigenvalue weighted by atomic mass is 16.2. The van der Waals surface area contributed by atoms with Crippen LogP contribution in [0.3, 0.4) is 0 Å². The molecule has 8 nitrogen and oxygen atoms in total. The van der Waals surface area contributed by atoms with Gasteiger partial charge in [-0.25, -0.2) is 0 Å². The smallest absolute Gasteiger partial charge is 0.271 e. The van der Waals surface area contributed by atoms with Gasteiger partial charge in [0.25, 0.3) is 17.7 Å². The van der Waals surface area contributed by atoms with Gasteiger partial charge in [-0.1, -0.05) is 78.4 Å². The number of likely N-dealkylation sites (N-methyl/N-ethyl adjacent to an activating group) is 1. The molecule has 1 heterocycles. The molecule has 3 unspecified atom stereocenters. The van der Waals surface area contributed by atoms with Crippen LogP contribution in [0.15, 0.2) is 45.6 Å². The van der Waals surface area contributed by atoms with E-state index < -0.39 is 17.9 Å². The molecule has 0 bridgehead atoms. The van der Waals surface area contributed by atoms with Crippen molar-refractivity contribution < 1.29 is 14.4 Å². The van der Waals surface area contributed by atoms with Gasteiger partial charge in [-0.15, -0.1) is 0 Å². The second kappa shape index (κ2) is 16.7. The summed E-state index contributed by atoms with van der Waals surface area (Å²) in [6.45, 7) is 13.5. The Morgan fingerprint density at radius 1 is 1.00 bits per heavy atom. The van der Waals surface area contributed by atoms with Crippen LogP contribution in [-0.4, -0.2) is 53.2 Å². The van der Waals surface area contributed by atoms with E-state index in [1.807, 2.05) is 17.0 Å². The molecule has 2 rings (SSSR count). The van der Waals surface area contributed by atoms with Gasteiger partial charge in [-0.05, 0) is 56.2 Å². The fourth-order valence-electron chi connectivity index (χ4n) is 5.17. The zero-order chi connectivity index (χ0) is 29.7. The number of nitriles is 1. The highest BCUT2D eigenvalue weighted by molar-refractivity contribution is 6.12. The van der Waals surface area contributed by atoms with Crippen molar-refractivity contribution in [2.24, 2.45) is 22.1 Å². The molecule has 0 saturated carbocycles. The van der Waals surface area contributed by atoms with Gasteiger partial charge >= 0.3 is 0 Å². The van der Waals surface area contributed by atoms with E-state index in [-0.39, 0.29) is 23.6 Å². The lowest BCUT2D eigenvalue weighted by Crippen LogP contribution is -2.47. The first-order valence-corrected chi connectivity index (χ1v) is 15.0. The van der Waals surface area contributed by atoms with Crippen molar-refractivity contribution in [1.29, 1.82) is 5.26 Å². The first kappa shape index (κ1) is 32.9. The van der Waals surface area contributed by atoms with Crippen LogP contribution in [0.5, 0.6) is 0 Å². The third kappa shape index (κ3) is 8.33. The maximum absolute atomic E-state index is 14.1. The van der Waals surface area contributed by atoms with Crippen LogP contribution < -0.4 is 0 Å². The molecule has 0 saturated heterocycles. The molecule has 1 aliphatic rings. The van der Waals surface area contributed by atoms with E-state index in [1.165, 1.54) is 0 Å². The van der Waals surface area contributed by atoms with Gasteiger partial charge in [-0.2, -0.15) is 15.5 Å². The zero-order valence-electron chi connectivity index (χ0n) is 25.3. The van der Waals surface area contributed by atoms with Crippen LogP contribution in [0.25, 0.3) is 0 Å². The number of carbonyl (C=O) groups excluding carboxylic acids is 3. The third-order valence-corrected chi connectivity index (χ3v) is 7.94. The van der Waals surface area contributed by atoms with Gasteiger partial charge in [0.2, 0.25) is 0 Å². The van der Waals surface area contributed by atoms with Crippen LogP contribution >= 0.6 is 0 Å². The summed E-state index contributed by atoms with van der Waals surface area (Å²) < 4.78 is 0. The average Bonchev–Trinajstić information content (AvgIpc) is 2.96. The van der Waals surface area contributed by atoms with Crippen molar-refractivity contribution in [1.82, 2.24) is 9.80 Å². The number of azo groups is 1. The molecular weight excluding hydrogens is 502 g/mol. The summed E-state index contributed by atoms with van der Waals surface area (Å²) in [5.41, 5.74) is 1.01. The summed E-state index contributed by atoms with van der Waals surface area (Å²) in [6.07, 6.45) is 8.75. The molecule has 0 fully saturated rings. The van der Waals surface area contributed by atoms with E-state index in [1.54, 1.807) is 32.0 Å². The van der Waals surface area contributed by atoms with Crippen LogP contribution in [0.2, 0.25) is 0 Å². The largest absolute Gasteiger partial charge is 0.338 e. The molecule has 1 aromatic rings. The van der Waals surface area contributed by atoms with E-state index in [0.29, 0.717) is 36.2 Å². The number of nitrogens with zero attached hydrogens (tertiary/aromatic N) is 5. The number of unbranched alkanes of at least 4 members (excludes halogenated alkanes) is 2. The molecule has 0 aromatic heterocycles. The van der Waals surface area contributed by atoms with Crippen molar-refractivity contribution in [2.75, 3.05) is 19.6 Å². The Labute approximate surface area is 240 Å². The van der Waals surface area contributed by atoms with Gasteiger partial charge < -0.3 is 4.90 Å². The van der Waals surface area contributed by atoms with Gasteiger partial charge in [-0.3, -0.25) is 19.3 Å². The highest BCUT2D eigenvalue weighted by Gasteiger charge is 2.38. The number of hydrogen-bond acceptors (Lipinski definition) is 6. The lowest BCUT2D eigenvalue weighted by molar-refractivity contribution is -0.143. The Morgan fingerprint density at radius 2 is 1.57 bits per heavy atom. The van der Waals surface area contributed by atoms with Gasteiger partial charge in [0.05, 0.1) is 11.3 Å². The van der Waals surface area contributed by atoms with E-state index in [4.69, 9.17) is 0 Å². The molecular formula is C32H47N5O3. The summed E-state index contributed by atoms with van der Waals surface area (Å²) in [7, 11) is 0. The lowest BCUT2D eigenvalue weighted by atomic mass is 9.95. The van der Waals surface area contributed by atoms with Crippen molar-refractivity contribution in [3.63, 3.8) is 0 Å². The SMILES string of the molecule is CCCCC(CC)CN(CC(CC)CCCC)C(=O)c1ccccc1N=NC1C(=O)N(CC)C(=O)C(C#N)=C1C. The quantitative estimate of drug-likeness (QED) is 0.160. The van der Waals surface area contributed by atoms with Crippen LogP contribution in [-0.2, 0) is 9.59 Å². The van der Waals surface area contributed by atoms with Gasteiger partial charge in [0.15, 0.2) is 6.04 Å². The van der Waals surface area contributed by atoms with Crippen molar-refractivity contribution >= 4 is 23.4 Å². The summed E-state index contributed by atoms with van der Waals surface area (Å²) in [6, 6.07) is 7.91. The number of hydrogen-bond donors (Lipinski definition) is 0. The van der Waals surface area contributed by atoms with Crippen LogP contribution in [0.4, 0.5) is 5.69 Å². The average molecular weight is 550 g/mol. The Morgan fingerprint density at radius 3 is 2.08 bits per heavy atom. The third-order valence-electron chi connectivity index (χ3n) is 7.94. The molecule has 3 atom stereocenters. The molecule has 218 valence electrons. The van der Waals surface area contributed by atoms with Crippen molar-refractivity contribution in [2.45, 2.75) is 99.0 Å². The molecule has 3 amide bonds. The van der Waals surface area contributed by atoms with E-state index in [2.05, 4.69) is 37.9 Å². The fourth-order valence-corrected chi connectivity index (χ4v) is 5.17. The van der Waals surface area contributed by atoms with Crippen LogP contribution in [0, 0.1) is 23.2 Å². The summed E-state index contributed by atoms with van der Waals surface area (Å²) in [5, 5.41) is 18.2. The standard InChI is InChI=1S/C32H47N5O3/c1-7-12-16-24(9-3)21-36(22-25(10-4)17-13-8-2)30(38)26-18-14-15-19-28(26)34-35-29-23(6)27(20-33)31(39)37(11-5)32(29)40/h14-15,18-19,24-25,29H,7-13,16-17,21-22H2,1-6H3. The van der Waals surface area contributed by atoms with Crippen LogP contribution in [0.1, 0.15) is 103 Å². The number of rotatable bonds is 16. The van der Waals surface area contributed by atoms with Gasteiger partial charge in [0.1, 0.15) is 11.6 Å². The minimum atomic E-state index is -1.08. The second-order valence-electron chi connectivity index (χ2n) is 10.7. The van der Waals surface area contributed by atoms with Crippen molar-refractivity contribution in [3.8, 4) is 6.07 Å². The molecule has 8 heteroatoms. The minimum absolute atomic E-state index is 0.0789. The first-order chi connectivity index (χ1) is 19.3. The Balaban J connectivity index is 2.44. The minimum Gasteiger partial charge on any atom is -0.338 e. The van der Waals surface area contributed by atoms with Gasteiger partial charge in [0, 0.05) is 19.6 Å². The maximum Gasteiger partial charge on any atom is 0.271 e. The normalized spacial score (nSPS) is 17.3. The van der Waals surface area contributed by atoms with E-state index >= 15 is 0 Å². The van der Waals surface area contributed by atoms with Crippen molar-refractivity contribution in [3.05, 3.63) is 41.0 Å². The molecule has 0 radical (unpaired) electrons. The monoisotopic (exact) mass is 549 g/mol. The summed E-state index contributed by atoms with van der Waals surface area (Å²) in [5.74, 6) is -0.342. The summed E-state index contributed by atoms with van der Waals surface area (Å²) >= 11 is 0. The molecule has 0 spiro atoms. The molecule has 1 aromatic carbocycles. The molecule has 1 aliphatic heterocycles.